The molecule has 2 N–H and O–H groups in total. The van der Waals surface area contributed by atoms with Crippen molar-refractivity contribution in [3.8, 4) is 0 Å². The van der Waals surface area contributed by atoms with Crippen LogP contribution >= 0.6 is 11.3 Å². The maximum atomic E-state index is 13.0. The number of aromatic nitrogens is 2. The average molecular weight is 530 g/mol. The molecule has 1 aliphatic rings. The molecule has 0 unspecified atom stereocenters. The SMILES string of the molecule is C=CC(=O)N(C)C1CC(n2c(NC(=O)c3ccc(C(F)F)s3)nc3cc(CNCC(C)(C)C)ccc32)C1. The van der Waals surface area contributed by atoms with Crippen LogP contribution in [0.15, 0.2) is 43.0 Å². The summed E-state index contributed by atoms with van der Waals surface area (Å²) >= 11 is 0.772. The van der Waals surface area contributed by atoms with Crippen LogP contribution in [0.2, 0.25) is 0 Å². The molecule has 10 heteroatoms. The number of carbonyl (C=O) groups excluding carboxylic acids is 2. The van der Waals surface area contributed by atoms with Crippen molar-refractivity contribution in [2.24, 2.45) is 5.41 Å². The molecule has 0 radical (unpaired) electrons. The molecule has 0 saturated heterocycles. The van der Waals surface area contributed by atoms with Gasteiger partial charge in [0.15, 0.2) is 0 Å². The number of alkyl halides is 2. The number of rotatable bonds is 9. The van der Waals surface area contributed by atoms with Crippen LogP contribution in [0.25, 0.3) is 11.0 Å². The van der Waals surface area contributed by atoms with Crippen molar-refractivity contribution in [3.63, 3.8) is 0 Å². The molecular weight excluding hydrogens is 496 g/mol. The summed E-state index contributed by atoms with van der Waals surface area (Å²) in [5.41, 5.74) is 2.84. The number of thiophene rings is 1. The molecular formula is C27H33F2N5O2S. The monoisotopic (exact) mass is 529 g/mol. The first kappa shape index (κ1) is 26.9. The minimum Gasteiger partial charge on any atom is -0.339 e. The summed E-state index contributed by atoms with van der Waals surface area (Å²) in [6, 6.07) is 8.80. The van der Waals surface area contributed by atoms with Crippen LogP contribution in [0.4, 0.5) is 14.7 Å². The lowest BCUT2D eigenvalue weighted by Gasteiger charge is -2.42. The van der Waals surface area contributed by atoms with Crippen LogP contribution in [0.5, 0.6) is 0 Å². The predicted molar refractivity (Wildman–Crippen MR) is 143 cm³/mol. The molecule has 1 aliphatic carbocycles. The summed E-state index contributed by atoms with van der Waals surface area (Å²) in [6.07, 6.45) is 0.0839. The molecule has 3 aromatic rings. The largest absolute Gasteiger partial charge is 0.339 e. The van der Waals surface area contributed by atoms with E-state index in [2.05, 4.69) is 38.0 Å². The lowest BCUT2D eigenvalue weighted by atomic mass is 9.85. The highest BCUT2D eigenvalue weighted by atomic mass is 32.1. The number of benzene rings is 1. The first-order valence-corrected chi connectivity index (χ1v) is 13.1. The second-order valence-electron chi connectivity index (χ2n) is 10.7. The third-order valence-corrected chi connectivity index (χ3v) is 7.64. The molecule has 1 aromatic carbocycles. The number of hydrogen-bond acceptors (Lipinski definition) is 5. The molecule has 2 amide bonds. The van der Waals surface area contributed by atoms with E-state index in [9.17, 15) is 18.4 Å². The van der Waals surface area contributed by atoms with Gasteiger partial charge in [-0.1, -0.05) is 33.4 Å². The van der Waals surface area contributed by atoms with E-state index in [-0.39, 0.29) is 33.2 Å². The van der Waals surface area contributed by atoms with Gasteiger partial charge in [-0.2, -0.15) is 0 Å². The Hall–Kier alpha value is -3.11. The van der Waals surface area contributed by atoms with Gasteiger partial charge < -0.3 is 14.8 Å². The molecule has 0 aliphatic heterocycles. The second-order valence-corrected chi connectivity index (χ2v) is 11.8. The van der Waals surface area contributed by atoms with Gasteiger partial charge in [0.2, 0.25) is 11.9 Å². The van der Waals surface area contributed by atoms with Crippen LogP contribution in [-0.2, 0) is 11.3 Å². The topological polar surface area (TPSA) is 79.3 Å². The van der Waals surface area contributed by atoms with Crippen LogP contribution in [0, 0.1) is 5.41 Å². The Labute approximate surface area is 219 Å². The van der Waals surface area contributed by atoms with Gasteiger partial charge in [0.05, 0.1) is 20.8 Å². The van der Waals surface area contributed by atoms with Crippen molar-refractivity contribution < 1.29 is 18.4 Å². The number of nitrogens with one attached hydrogen (secondary N) is 2. The molecule has 0 spiro atoms. The number of carbonyl (C=O) groups is 2. The Morgan fingerprint density at radius 2 is 2.00 bits per heavy atom. The van der Waals surface area contributed by atoms with Gasteiger partial charge in [0, 0.05) is 32.2 Å². The van der Waals surface area contributed by atoms with Crippen molar-refractivity contribution in [1.82, 2.24) is 19.8 Å². The highest BCUT2D eigenvalue weighted by molar-refractivity contribution is 7.14. The van der Waals surface area contributed by atoms with Gasteiger partial charge in [0.25, 0.3) is 12.3 Å². The normalized spacial score (nSPS) is 17.6. The number of hydrogen-bond donors (Lipinski definition) is 2. The van der Waals surface area contributed by atoms with Crippen LogP contribution in [0.3, 0.4) is 0 Å². The third kappa shape index (κ3) is 6.07. The summed E-state index contributed by atoms with van der Waals surface area (Å²) < 4.78 is 28.1. The molecule has 0 atom stereocenters. The predicted octanol–water partition coefficient (Wildman–Crippen LogP) is 5.77. The van der Waals surface area contributed by atoms with E-state index in [0.29, 0.717) is 25.3 Å². The summed E-state index contributed by atoms with van der Waals surface area (Å²) in [7, 11) is 1.76. The van der Waals surface area contributed by atoms with Crippen LogP contribution < -0.4 is 10.6 Å². The Balaban J connectivity index is 1.60. The quantitative estimate of drug-likeness (QED) is 0.345. The fraction of sp³-hybridized carbons (Fsp3) is 0.444. The first-order valence-electron chi connectivity index (χ1n) is 12.3. The Bertz CT molecular complexity index is 1300. The molecule has 2 heterocycles. The summed E-state index contributed by atoms with van der Waals surface area (Å²) in [6.45, 7) is 11.6. The van der Waals surface area contributed by atoms with E-state index in [0.717, 1.165) is 34.5 Å². The maximum absolute atomic E-state index is 13.0. The van der Waals surface area contributed by atoms with E-state index in [1.807, 2.05) is 22.8 Å². The van der Waals surface area contributed by atoms with Gasteiger partial charge in [-0.3, -0.25) is 14.9 Å². The van der Waals surface area contributed by atoms with Crippen LogP contribution in [-0.4, -0.2) is 45.9 Å². The number of nitrogens with zero attached hydrogens (tertiary/aromatic N) is 3. The molecule has 1 saturated carbocycles. The lowest BCUT2D eigenvalue weighted by molar-refractivity contribution is -0.128. The third-order valence-electron chi connectivity index (χ3n) is 6.55. The highest BCUT2D eigenvalue weighted by Crippen LogP contribution is 2.40. The first-order chi connectivity index (χ1) is 17.5. The van der Waals surface area contributed by atoms with E-state index in [4.69, 9.17) is 4.98 Å². The Morgan fingerprint density at radius 1 is 1.27 bits per heavy atom. The fourth-order valence-electron chi connectivity index (χ4n) is 4.46. The van der Waals surface area contributed by atoms with Crippen molar-refractivity contribution in [3.05, 3.63) is 58.3 Å². The Morgan fingerprint density at radius 3 is 2.62 bits per heavy atom. The molecule has 1 fully saturated rings. The number of fused-ring (bicyclic) bond motifs is 1. The number of amides is 2. The van der Waals surface area contributed by atoms with Gasteiger partial charge in [-0.25, -0.2) is 13.8 Å². The molecule has 0 bridgehead atoms. The van der Waals surface area contributed by atoms with Crippen molar-refractivity contribution >= 4 is 40.1 Å². The van der Waals surface area contributed by atoms with Gasteiger partial charge in [-0.05, 0) is 54.2 Å². The lowest BCUT2D eigenvalue weighted by Crippen LogP contribution is -2.45. The van der Waals surface area contributed by atoms with Gasteiger partial charge in [-0.15, -0.1) is 11.3 Å². The van der Waals surface area contributed by atoms with Crippen molar-refractivity contribution in [2.75, 3.05) is 18.9 Å². The maximum Gasteiger partial charge on any atom is 0.272 e. The zero-order valence-electron chi connectivity index (χ0n) is 21.6. The van der Waals surface area contributed by atoms with E-state index in [1.54, 1.807) is 11.9 Å². The van der Waals surface area contributed by atoms with E-state index >= 15 is 0 Å². The fourth-order valence-corrected chi connectivity index (χ4v) is 5.22. The Kier molecular flexibility index (Phi) is 7.80. The number of halogens is 2. The molecule has 37 heavy (non-hydrogen) atoms. The second kappa shape index (κ2) is 10.7. The zero-order valence-corrected chi connectivity index (χ0v) is 22.4. The van der Waals surface area contributed by atoms with Gasteiger partial charge >= 0.3 is 0 Å². The van der Waals surface area contributed by atoms with Crippen LogP contribution in [0.1, 0.15) is 66.2 Å². The molecule has 7 nitrogen and oxygen atoms in total. The van der Waals surface area contributed by atoms with E-state index in [1.165, 1.54) is 18.2 Å². The number of anilines is 1. The minimum absolute atomic E-state index is 0.0233. The zero-order chi connectivity index (χ0) is 26.9. The summed E-state index contributed by atoms with van der Waals surface area (Å²) in [5, 5.41) is 6.31. The van der Waals surface area contributed by atoms with Crippen molar-refractivity contribution in [1.29, 1.82) is 0 Å². The minimum atomic E-state index is -2.62. The molecule has 4 rings (SSSR count). The average Bonchev–Trinajstić information content (AvgIpc) is 3.42. The van der Waals surface area contributed by atoms with Gasteiger partial charge in [0.1, 0.15) is 0 Å². The van der Waals surface area contributed by atoms with Crippen molar-refractivity contribution in [2.45, 2.75) is 58.7 Å². The summed E-state index contributed by atoms with van der Waals surface area (Å²) in [5.74, 6) is -0.240. The molecule has 2 aromatic heterocycles. The standard InChI is InChI=1S/C27H33F2N5O2S/c1-6-23(35)33(5)17-12-18(13-17)34-20-8-7-16(14-30-15-27(2,3)4)11-19(20)31-26(34)32-25(36)22-10-9-21(37-22)24(28)29/h6-11,17-18,24,30H,1,12-15H2,2-5H3,(H,31,32,36). The smallest absolute Gasteiger partial charge is 0.272 e. The molecule has 198 valence electrons. The highest BCUT2D eigenvalue weighted by Gasteiger charge is 2.37. The summed E-state index contributed by atoms with van der Waals surface area (Å²) in [4.78, 5) is 31.4. The van der Waals surface area contributed by atoms with E-state index < -0.39 is 12.3 Å². The number of likely N-dealkylation sites (N-methyl/N-ethyl adjacent to an activating group) is 1. The number of imidazole rings is 1.